The number of rotatable bonds is 28. The number of aromatic amines is 1. The summed E-state index contributed by atoms with van der Waals surface area (Å²) < 4.78 is 0. The van der Waals surface area contributed by atoms with Gasteiger partial charge in [-0.1, -0.05) is 57.0 Å². The lowest BCUT2D eigenvalue weighted by Gasteiger charge is -2.39. The van der Waals surface area contributed by atoms with Gasteiger partial charge in [0, 0.05) is 91.7 Å². The third-order valence-corrected chi connectivity index (χ3v) is 17.8. The average molecular weight is 1120 g/mol. The van der Waals surface area contributed by atoms with Crippen LogP contribution in [0.4, 0.5) is 10.5 Å². The maximum absolute atomic E-state index is 14.6. The number of carbonyl (C=O) groups excluding carboxylic acids is 8. The van der Waals surface area contributed by atoms with E-state index in [0.717, 1.165) is 47.1 Å². The van der Waals surface area contributed by atoms with E-state index >= 15 is 0 Å². The van der Waals surface area contributed by atoms with Crippen molar-refractivity contribution in [2.75, 3.05) is 39.0 Å². The predicted octanol–water partition coefficient (Wildman–Crippen LogP) is 3.46. The van der Waals surface area contributed by atoms with Gasteiger partial charge in [-0.3, -0.25) is 48.6 Å². The lowest BCUT2D eigenvalue weighted by molar-refractivity contribution is -0.384. The Hall–Kier alpha value is -7.01. The number of non-ortho nitro benzene ring substituents is 1. The number of nitrogens with two attached hydrogens (primary N) is 1. The number of hydrogen-bond donors (Lipinski definition) is 9. The number of thioether (sulfide) groups is 1. The normalized spacial score (nSPS) is 22.2. The predicted molar refractivity (Wildman–Crippen MR) is 304 cm³/mol. The number of benzene rings is 2. The Kier molecular flexibility index (Phi) is 20.3. The fourth-order valence-corrected chi connectivity index (χ4v) is 13.4. The van der Waals surface area contributed by atoms with Crippen molar-refractivity contribution in [1.29, 1.82) is 0 Å². The monoisotopic (exact) mass is 1120 g/mol. The molecule has 1 aliphatic carbocycles. The number of likely N-dealkylation sites (tertiary alicyclic amines) is 1. The number of nitro groups is 1. The van der Waals surface area contributed by atoms with E-state index in [0.29, 0.717) is 88.2 Å². The number of urea groups is 1. The third-order valence-electron chi connectivity index (χ3n) is 16.3. The number of amides is 9. The largest absolute Gasteiger partial charge is 0.368 e. The minimum absolute atomic E-state index is 0.0197. The molecular weight excluding hydrogens is 1040 g/mol. The summed E-state index contributed by atoms with van der Waals surface area (Å²) in [4.78, 5) is 124. The molecule has 22 nitrogen and oxygen atoms in total. The molecule has 0 spiro atoms. The first kappa shape index (κ1) is 59.1. The second-order valence-electron chi connectivity index (χ2n) is 22.4. The van der Waals surface area contributed by atoms with Gasteiger partial charge in [0.05, 0.1) is 22.9 Å². The first-order valence-corrected chi connectivity index (χ1v) is 29.5. The number of carbonyl (C=O) groups is 8. The molecule has 9 amide bonds. The first-order valence-electron chi connectivity index (χ1n) is 28.4. The summed E-state index contributed by atoms with van der Waals surface area (Å²) in [5.74, 6) is -2.70. The van der Waals surface area contributed by atoms with Gasteiger partial charge in [-0.25, -0.2) is 4.79 Å². The summed E-state index contributed by atoms with van der Waals surface area (Å²) in [7, 11) is 2.00. The molecule has 9 atom stereocenters. The van der Waals surface area contributed by atoms with Gasteiger partial charge >= 0.3 is 6.03 Å². The number of aromatic nitrogens is 1. The smallest absolute Gasteiger partial charge is 0.315 e. The van der Waals surface area contributed by atoms with Crippen molar-refractivity contribution in [3.05, 3.63) is 81.5 Å². The number of primary amides is 1. The van der Waals surface area contributed by atoms with Crippen LogP contribution in [0.1, 0.15) is 114 Å². The average Bonchev–Trinajstić information content (AvgIpc) is 4.28. The van der Waals surface area contributed by atoms with E-state index in [2.05, 4.69) is 59.4 Å². The molecule has 2 aromatic carbocycles. The zero-order chi connectivity index (χ0) is 57.0. The quantitative estimate of drug-likeness (QED) is 0.0219. The van der Waals surface area contributed by atoms with Crippen molar-refractivity contribution in [3.8, 4) is 0 Å². The number of nitro benzene ring substituents is 1. The highest BCUT2D eigenvalue weighted by Gasteiger charge is 2.43. The van der Waals surface area contributed by atoms with Crippen LogP contribution in [-0.2, 0) is 46.4 Å². The highest BCUT2D eigenvalue weighted by Crippen LogP contribution is 2.41. The van der Waals surface area contributed by atoms with Crippen molar-refractivity contribution in [3.63, 3.8) is 0 Å². The molecule has 80 heavy (non-hydrogen) atoms. The van der Waals surface area contributed by atoms with Gasteiger partial charge in [0.25, 0.3) is 5.69 Å². The second kappa shape index (κ2) is 27.4. The fraction of sp³-hybridized carbons (Fsp3) is 0.579. The number of likely N-dealkylation sites (N-methyl/N-ethyl adjacent to an activating group) is 1. The molecule has 23 heteroatoms. The summed E-state index contributed by atoms with van der Waals surface area (Å²) in [5, 5.41) is 33.4. The van der Waals surface area contributed by atoms with Gasteiger partial charge in [-0.2, -0.15) is 11.8 Å². The van der Waals surface area contributed by atoms with E-state index < -0.39 is 52.7 Å². The molecule has 0 bridgehead atoms. The number of fused-ring (bicyclic) bond motifs is 3. The summed E-state index contributed by atoms with van der Waals surface area (Å²) in [6.07, 6.45) is 12.1. The Bertz CT molecular complexity index is 2810. The number of H-pyrrole nitrogens is 1. The highest BCUT2D eigenvalue weighted by atomic mass is 32.2. The molecule has 5 aliphatic rings. The van der Waals surface area contributed by atoms with Crippen LogP contribution in [0.5, 0.6) is 0 Å². The van der Waals surface area contributed by atoms with Crippen molar-refractivity contribution in [2.24, 2.45) is 17.6 Å². The molecule has 5 heterocycles. The third kappa shape index (κ3) is 14.9. The molecule has 432 valence electrons. The van der Waals surface area contributed by atoms with E-state index in [1.807, 2.05) is 50.9 Å². The highest BCUT2D eigenvalue weighted by molar-refractivity contribution is 8.00. The molecule has 3 fully saturated rings. The van der Waals surface area contributed by atoms with E-state index in [1.54, 1.807) is 0 Å². The van der Waals surface area contributed by atoms with Crippen LogP contribution in [0.3, 0.4) is 0 Å². The van der Waals surface area contributed by atoms with Gasteiger partial charge in [-0.05, 0) is 106 Å². The van der Waals surface area contributed by atoms with Crippen LogP contribution < -0.4 is 43.0 Å². The molecule has 0 radical (unpaired) electrons. The van der Waals surface area contributed by atoms with E-state index in [1.165, 1.54) is 34.7 Å². The zero-order valence-corrected chi connectivity index (χ0v) is 46.8. The van der Waals surface area contributed by atoms with Crippen molar-refractivity contribution >= 4 is 81.3 Å². The number of nitrogens with zero attached hydrogens (tertiary/aromatic N) is 3. The molecule has 4 aliphatic heterocycles. The van der Waals surface area contributed by atoms with Crippen LogP contribution in [0.15, 0.2) is 54.7 Å². The molecule has 0 saturated carbocycles. The Morgan fingerprint density at radius 2 is 1.61 bits per heavy atom. The first-order chi connectivity index (χ1) is 38.4. The van der Waals surface area contributed by atoms with Crippen LogP contribution in [0, 0.1) is 22.0 Å². The maximum Gasteiger partial charge on any atom is 0.315 e. The maximum atomic E-state index is 14.6. The summed E-state index contributed by atoms with van der Waals surface area (Å²) in [6, 6.07) is 8.34. The SMILES string of the molecule is CC(C)[C@H](NC(=O)[C@H]1C=C2c3cccc4[nH]cc(c34)C[C@H]2N(C)C1)C(=O)N[C@@H](Cc1ccc([N+](=O)[O-])cc1)C(=O)N1CCC[C@H]1C(=O)NCCCCCC(=O)NCCCC[C@H](NC(=O)CCCC[C@@H]1SC[C@@H]2NC(=O)N[C@@H]21)C(N)=O. The van der Waals surface area contributed by atoms with E-state index in [4.69, 9.17) is 5.73 Å². The lowest BCUT2D eigenvalue weighted by atomic mass is 9.79. The van der Waals surface area contributed by atoms with E-state index in [-0.39, 0.29) is 85.2 Å². The summed E-state index contributed by atoms with van der Waals surface area (Å²) in [5.41, 5.74) is 10.4. The van der Waals surface area contributed by atoms with Crippen molar-refractivity contribution in [2.45, 2.75) is 158 Å². The topological polar surface area (TPSA) is 312 Å². The molecule has 3 aromatic rings. The second-order valence-corrected chi connectivity index (χ2v) is 23.6. The molecule has 3 saturated heterocycles. The van der Waals surface area contributed by atoms with Crippen LogP contribution in [0.2, 0.25) is 0 Å². The number of unbranched alkanes of at least 4 members (excludes halogenated alkanes) is 4. The van der Waals surface area contributed by atoms with Crippen molar-refractivity contribution in [1.82, 2.24) is 52.0 Å². The molecule has 10 N–H and O–H groups in total. The lowest BCUT2D eigenvalue weighted by Crippen LogP contribution is -2.59. The zero-order valence-electron chi connectivity index (χ0n) is 46.0. The van der Waals surface area contributed by atoms with Gasteiger partial charge in [0.1, 0.15) is 24.2 Å². The minimum Gasteiger partial charge on any atom is -0.368 e. The Labute approximate surface area is 470 Å². The van der Waals surface area contributed by atoms with E-state index in [9.17, 15) is 48.5 Å². The minimum atomic E-state index is -1.16. The number of hydrogen-bond acceptors (Lipinski definition) is 12. The number of nitrogens with one attached hydrogen (secondary N) is 8. The van der Waals surface area contributed by atoms with Gasteiger partial charge < -0.3 is 52.8 Å². The molecular formula is C57H78N12O10S. The van der Waals surface area contributed by atoms with Gasteiger partial charge in [0.15, 0.2) is 0 Å². The summed E-state index contributed by atoms with van der Waals surface area (Å²) >= 11 is 1.83. The summed E-state index contributed by atoms with van der Waals surface area (Å²) in [6.45, 7) is 5.08. The van der Waals surface area contributed by atoms with Crippen molar-refractivity contribution < 1.29 is 43.3 Å². The Balaban J connectivity index is 0.759. The standard InChI is InChI=1S/C57H78N12O10S/c1-33(2)50(65-53(73)36-28-39-38-13-11-15-40-49(38)35(30-61-40)29-45(39)67(3)31-36)55(75)63-42(27-34-20-22-37(23-21-34)69(78)79)56(76)68-26-12-16-44(68)54(74)60-25-9-4-5-18-47(70)59-24-10-8-14-41(52(58)72)62-48(71)19-7-6-17-46-51-43(32-80-46)64-57(77)66-51/h11,13,15,20-23,28,30,33,36,41-46,50-51,61H,4-10,12,14,16-19,24-27,29,31-32H2,1-3H3,(H2,58,72)(H,59,70)(H,60,74)(H,62,71)(H,63,75)(H,65,73)(H2,64,66,77)/t36-,41-,42-,43-,44-,45+,46-,50-,51-/m0/s1. The molecule has 8 rings (SSSR count). The van der Waals surface area contributed by atoms with Gasteiger partial charge in [0.2, 0.25) is 41.4 Å². The van der Waals surface area contributed by atoms with Crippen LogP contribution in [0.25, 0.3) is 16.5 Å². The Morgan fingerprint density at radius 3 is 2.38 bits per heavy atom. The van der Waals surface area contributed by atoms with Crippen LogP contribution in [-0.4, -0.2) is 154 Å². The van der Waals surface area contributed by atoms with Gasteiger partial charge in [-0.15, -0.1) is 0 Å². The fourth-order valence-electron chi connectivity index (χ4n) is 11.9. The molecule has 0 unspecified atom stereocenters. The van der Waals surface area contributed by atoms with Crippen LogP contribution >= 0.6 is 11.8 Å². The molecule has 1 aromatic heterocycles. The Morgan fingerprint density at radius 1 is 0.863 bits per heavy atom.